The fraction of sp³-hybridized carbons (Fsp3) is 0.308. The second-order valence-corrected chi connectivity index (χ2v) is 4.11. The third-order valence-electron chi connectivity index (χ3n) is 2.80. The van der Waals surface area contributed by atoms with Crippen LogP contribution in [0.15, 0.2) is 29.8 Å². The van der Waals surface area contributed by atoms with E-state index in [-0.39, 0.29) is 5.78 Å². The molecule has 2 N–H and O–H groups in total. The molecule has 0 amide bonds. The van der Waals surface area contributed by atoms with Crippen LogP contribution in [0.4, 0.5) is 5.69 Å². The molecule has 1 aliphatic rings. The highest BCUT2D eigenvalue weighted by Crippen LogP contribution is 2.26. The second-order valence-electron chi connectivity index (χ2n) is 4.11. The normalized spacial score (nSPS) is 14.3. The lowest BCUT2D eigenvalue weighted by molar-refractivity contribution is -0.116. The van der Waals surface area contributed by atoms with E-state index in [1.54, 1.807) is 6.92 Å². The van der Waals surface area contributed by atoms with Crippen molar-refractivity contribution >= 4 is 11.5 Å². The van der Waals surface area contributed by atoms with Crippen molar-refractivity contribution in [2.24, 2.45) is 0 Å². The fourth-order valence-electron chi connectivity index (χ4n) is 2.09. The lowest BCUT2D eigenvalue weighted by Crippen LogP contribution is -2.08. The molecule has 0 radical (unpaired) electrons. The number of Topliss-reactive ketones (excluding diaryl/α,β-unsaturated/α-hetero) is 1. The van der Waals surface area contributed by atoms with Crippen molar-refractivity contribution in [1.82, 2.24) is 0 Å². The Hall–Kier alpha value is -1.57. The number of hydrogen-bond donors (Lipinski definition) is 1. The van der Waals surface area contributed by atoms with Crippen molar-refractivity contribution in [3.8, 4) is 0 Å². The largest absolute Gasteiger partial charge is 0.398 e. The number of benzene rings is 1. The van der Waals surface area contributed by atoms with Gasteiger partial charge in [0, 0.05) is 12.1 Å². The van der Waals surface area contributed by atoms with Crippen molar-refractivity contribution in [2.75, 3.05) is 5.73 Å². The van der Waals surface area contributed by atoms with E-state index in [0.717, 1.165) is 18.5 Å². The summed E-state index contributed by atoms with van der Waals surface area (Å²) >= 11 is 0. The van der Waals surface area contributed by atoms with E-state index in [1.165, 1.54) is 16.7 Å². The number of carbonyl (C=O) groups is 1. The van der Waals surface area contributed by atoms with E-state index < -0.39 is 0 Å². The molecule has 15 heavy (non-hydrogen) atoms. The minimum Gasteiger partial charge on any atom is -0.398 e. The Labute approximate surface area is 89.8 Å². The summed E-state index contributed by atoms with van der Waals surface area (Å²) in [5, 5.41) is 0. The van der Waals surface area contributed by atoms with E-state index in [1.807, 2.05) is 12.1 Å². The third kappa shape index (κ3) is 2.09. The van der Waals surface area contributed by atoms with Crippen LogP contribution < -0.4 is 5.73 Å². The van der Waals surface area contributed by atoms with Crippen molar-refractivity contribution < 1.29 is 4.79 Å². The maximum absolute atomic E-state index is 11.0. The van der Waals surface area contributed by atoms with Gasteiger partial charge in [-0.2, -0.15) is 0 Å². The van der Waals surface area contributed by atoms with E-state index in [2.05, 4.69) is 12.1 Å². The summed E-state index contributed by atoms with van der Waals surface area (Å²) in [6.45, 7) is 1.63. The quantitative estimate of drug-likeness (QED) is 0.589. The number of fused-ring (bicyclic) bond motifs is 1. The van der Waals surface area contributed by atoms with Crippen LogP contribution in [0.1, 0.15) is 24.5 Å². The van der Waals surface area contributed by atoms with Crippen LogP contribution in [0.2, 0.25) is 0 Å². The summed E-state index contributed by atoms with van der Waals surface area (Å²) in [5.74, 6) is 0.230. The molecule has 0 aromatic heterocycles. The molecule has 0 heterocycles. The molecular formula is C13H15NO. The SMILES string of the molecule is CC(=O)CC1=CCc2c(N)cccc2C1. The van der Waals surface area contributed by atoms with Gasteiger partial charge in [0.1, 0.15) is 5.78 Å². The molecule has 2 nitrogen and oxygen atoms in total. The van der Waals surface area contributed by atoms with Crippen molar-refractivity contribution in [2.45, 2.75) is 26.2 Å². The first-order valence-corrected chi connectivity index (χ1v) is 5.20. The van der Waals surface area contributed by atoms with Crippen molar-refractivity contribution in [1.29, 1.82) is 0 Å². The van der Waals surface area contributed by atoms with Gasteiger partial charge in [0.2, 0.25) is 0 Å². The minimum atomic E-state index is 0.230. The van der Waals surface area contributed by atoms with Crippen LogP contribution in [-0.4, -0.2) is 5.78 Å². The molecule has 0 unspecified atom stereocenters. The molecule has 2 heteroatoms. The molecule has 78 valence electrons. The van der Waals surface area contributed by atoms with E-state index in [4.69, 9.17) is 5.73 Å². The van der Waals surface area contributed by atoms with Gasteiger partial charge in [0.05, 0.1) is 0 Å². The van der Waals surface area contributed by atoms with Crippen LogP contribution in [0, 0.1) is 0 Å². The number of allylic oxidation sites excluding steroid dienone is 2. The van der Waals surface area contributed by atoms with Crippen molar-refractivity contribution in [3.63, 3.8) is 0 Å². The maximum atomic E-state index is 11.0. The summed E-state index contributed by atoms with van der Waals surface area (Å²) in [7, 11) is 0. The molecule has 1 aromatic carbocycles. The highest BCUT2D eigenvalue weighted by Gasteiger charge is 2.13. The zero-order chi connectivity index (χ0) is 10.8. The van der Waals surface area contributed by atoms with Gasteiger partial charge in [-0.3, -0.25) is 4.79 Å². The van der Waals surface area contributed by atoms with E-state index >= 15 is 0 Å². The highest BCUT2D eigenvalue weighted by atomic mass is 16.1. The van der Waals surface area contributed by atoms with Gasteiger partial charge in [0.15, 0.2) is 0 Å². The Kier molecular flexibility index (Phi) is 2.58. The number of anilines is 1. The summed E-state index contributed by atoms with van der Waals surface area (Å²) < 4.78 is 0. The predicted molar refractivity (Wildman–Crippen MR) is 61.6 cm³/mol. The molecule has 0 bridgehead atoms. The number of nitrogens with two attached hydrogens (primary N) is 1. The first-order chi connectivity index (χ1) is 7.16. The molecule has 0 spiro atoms. The molecule has 2 rings (SSSR count). The molecule has 0 saturated heterocycles. The molecule has 1 aliphatic carbocycles. The minimum absolute atomic E-state index is 0.230. The van der Waals surface area contributed by atoms with Crippen LogP contribution >= 0.6 is 0 Å². The first-order valence-electron chi connectivity index (χ1n) is 5.20. The van der Waals surface area contributed by atoms with Crippen LogP contribution in [0.5, 0.6) is 0 Å². The van der Waals surface area contributed by atoms with Gasteiger partial charge in [0.25, 0.3) is 0 Å². The second kappa shape index (κ2) is 3.89. The Balaban J connectivity index is 2.23. The third-order valence-corrected chi connectivity index (χ3v) is 2.80. The topological polar surface area (TPSA) is 43.1 Å². The van der Waals surface area contributed by atoms with Gasteiger partial charge in [-0.15, -0.1) is 0 Å². The molecular weight excluding hydrogens is 186 g/mol. The van der Waals surface area contributed by atoms with Gasteiger partial charge in [-0.25, -0.2) is 0 Å². The van der Waals surface area contributed by atoms with Crippen LogP contribution in [0.25, 0.3) is 0 Å². The van der Waals surface area contributed by atoms with Gasteiger partial charge >= 0.3 is 0 Å². The smallest absolute Gasteiger partial charge is 0.133 e. The molecule has 1 aromatic rings. The Morgan fingerprint density at radius 2 is 2.27 bits per heavy atom. The van der Waals surface area contributed by atoms with Gasteiger partial charge < -0.3 is 5.73 Å². The fourth-order valence-corrected chi connectivity index (χ4v) is 2.09. The monoisotopic (exact) mass is 201 g/mol. The average Bonchev–Trinajstić information content (AvgIpc) is 2.17. The summed E-state index contributed by atoms with van der Waals surface area (Å²) in [6.07, 6.45) is 4.46. The number of hydrogen-bond acceptors (Lipinski definition) is 2. The number of ketones is 1. The molecule has 0 saturated carbocycles. The zero-order valence-electron chi connectivity index (χ0n) is 8.92. The summed E-state index contributed by atoms with van der Waals surface area (Å²) in [6, 6.07) is 6.01. The van der Waals surface area contributed by atoms with Gasteiger partial charge in [-0.1, -0.05) is 23.8 Å². The zero-order valence-corrected chi connectivity index (χ0v) is 8.92. The lowest BCUT2D eigenvalue weighted by atomic mass is 9.88. The first kappa shape index (κ1) is 9.97. The van der Waals surface area contributed by atoms with Crippen molar-refractivity contribution in [3.05, 3.63) is 41.0 Å². The Bertz CT molecular complexity index is 432. The van der Waals surface area contributed by atoms with E-state index in [9.17, 15) is 4.79 Å². The van der Waals surface area contributed by atoms with Gasteiger partial charge in [-0.05, 0) is 37.0 Å². The molecule has 0 aliphatic heterocycles. The maximum Gasteiger partial charge on any atom is 0.133 e. The number of rotatable bonds is 2. The molecule has 0 fully saturated rings. The summed E-state index contributed by atoms with van der Waals surface area (Å²) in [5.41, 5.74) is 10.5. The average molecular weight is 201 g/mol. The molecule has 0 atom stereocenters. The number of nitrogen functional groups attached to an aromatic ring is 1. The highest BCUT2D eigenvalue weighted by molar-refractivity contribution is 5.78. The lowest BCUT2D eigenvalue weighted by Gasteiger charge is -2.17. The van der Waals surface area contributed by atoms with Crippen LogP contribution in [0.3, 0.4) is 0 Å². The predicted octanol–water partition coefficient (Wildman–Crippen LogP) is 2.27. The summed E-state index contributed by atoms with van der Waals surface area (Å²) in [4.78, 5) is 11.0. The Morgan fingerprint density at radius 1 is 1.47 bits per heavy atom. The van der Waals surface area contributed by atoms with E-state index in [0.29, 0.717) is 6.42 Å². The Morgan fingerprint density at radius 3 is 3.00 bits per heavy atom. The standard InChI is InChI=1S/C13H15NO/c1-9(15)7-10-5-6-12-11(8-10)3-2-4-13(12)14/h2-5H,6-8,14H2,1H3. The van der Waals surface area contributed by atoms with Crippen LogP contribution in [-0.2, 0) is 17.6 Å². The number of carbonyl (C=O) groups excluding carboxylic acids is 1.